The number of hydrazone groups is 1. The number of hydrogen-bond donors (Lipinski definition) is 2. The molecular formula is C18H18BrN5O3. The monoisotopic (exact) mass is 431 g/mol. The second kappa shape index (κ2) is 8.74. The van der Waals surface area contributed by atoms with E-state index >= 15 is 0 Å². The summed E-state index contributed by atoms with van der Waals surface area (Å²) in [6, 6.07) is 11.6. The number of nitrogens with one attached hydrogen (secondary N) is 2. The number of hydrogen-bond acceptors (Lipinski definition) is 6. The molecule has 0 atom stereocenters. The number of piperazine rings is 1. The van der Waals surface area contributed by atoms with Crippen molar-refractivity contribution in [3.8, 4) is 0 Å². The lowest BCUT2D eigenvalue weighted by atomic mass is 10.1. The number of carbonyl (C=O) groups excluding carboxylic acids is 1. The number of halogens is 1. The second-order valence-corrected chi connectivity index (χ2v) is 6.86. The van der Waals surface area contributed by atoms with Crippen LogP contribution in [0.25, 0.3) is 0 Å². The summed E-state index contributed by atoms with van der Waals surface area (Å²) in [5.74, 6) is -0.360. The highest BCUT2D eigenvalue weighted by molar-refractivity contribution is 9.10. The van der Waals surface area contributed by atoms with Crippen molar-refractivity contribution in [1.29, 1.82) is 0 Å². The molecule has 2 N–H and O–H groups in total. The van der Waals surface area contributed by atoms with E-state index in [1.165, 1.54) is 18.3 Å². The van der Waals surface area contributed by atoms with Crippen molar-refractivity contribution >= 4 is 39.4 Å². The van der Waals surface area contributed by atoms with Crippen LogP contribution >= 0.6 is 15.9 Å². The van der Waals surface area contributed by atoms with Crippen molar-refractivity contribution in [2.24, 2.45) is 5.10 Å². The van der Waals surface area contributed by atoms with E-state index in [2.05, 4.69) is 36.7 Å². The van der Waals surface area contributed by atoms with Crippen molar-refractivity contribution in [3.05, 3.63) is 68.2 Å². The van der Waals surface area contributed by atoms with Crippen molar-refractivity contribution < 1.29 is 9.72 Å². The fraction of sp³-hybridized carbons (Fsp3) is 0.222. The van der Waals surface area contributed by atoms with Gasteiger partial charge in [0, 0.05) is 59.6 Å². The number of nitro benzene ring substituents is 1. The van der Waals surface area contributed by atoms with Gasteiger partial charge in [-0.25, -0.2) is 5.43 Å². The van der Waals surface area contributed by atoms with Gasteiger partial charge in [-0.3, -0.25) is 14.9 Å². The van der Waals surface area contributed by atoms with Gasteiger partial charge in [0.05, 0.1) is 11.1 Å². The summed E-state index contributed by atoms with van der Waals surface area (Å²) in [5, 5.41) is 18.4. The van der Waals surface area contributed by atoms with Crippen LogP contribution in [0.2, 0.25) is 0 Å². The smallest absolute Gasteiger partial charge is 0.271 e. The maximum Gasteiger partial charge on any atom is 0.271 e. The average molecular weight is 432 g/mol. The first-order valence-corrected chi connectivity index (χ1v) is 9.17. The third-order valence-electron chi connectivity index (χ3n) is 4.14. The van der Waals surface area contributed by atoms with E-state index in [1.54, 1.807) is 24.3 Å². The lowest BCUT2D eigenvalue weighted by molar-refractivity contribution is -0.384. The molecule has 0 unspecified atom stereocenters. The number of benzene rings is 2. The molecule has 1 fully saturated rings. The molecule has 0 aromatic heterocycles. The lowest BCUT2D eigenvalue weighted by Gasteiger charge is -2.30. The van der Waals surface area contributed by atoms with E-state index in [1.807, 2.05) is 6.07 Å². The van der Waals surface area contributed by atoms with E-state index in [4.69, 9.17) is 0 Å². The molecule has 1 heterocycles. The van der Waals surface area contributed by atoms with Crippen molar-refractivity contribution in [2.45, 2.75) is 0 Å². The van der Waals surface area contributed by atoms with Gasteiger partial charge in [-0.05, 0) is 24.3 Å². The molecule has 0 radical (unpaired) electrons. The summed E-state index contributed by atoms with van der Waals surface area (Å²) >= 11 is 3.32. The largest absolute Gasteiger partial charge is 0.368 e. The zero-order valence-electron chi connectivity index (χ0n) is 14.4. The summed E-state index contributed by atoms with van der Waals surface area (Å²) in [4.78, 5) is 25.0. The van der Waals surface area contributed by atoms with Gasteiger partial charge in [-0.2, -0.15) is 5.10 Å². The number of non-ortho nitro benzene ring substituents is 1. The molecule has 0 spiro atoms. The molecule has 27 heavy (non-hydrogen) atoms. The molecule has 140 valence electrons. The maximum absolute atomic E-state index is 12.2. The minimum atomic E-state index is -0.445. The number of nitrogens with zero attached hydrogens (tertiary/aromatic N) is 3. The summed E-state index contributed by atoms with van der Waals surface area (Å²) in [5.41, 5.74) is 4.34. The number of anilines is 1. The van der Waals surface area contributed by atoms with Gasteiger partial charge in [0.15, 0.2) is 0 Å². The van der Waals surface area contributed by atoms with Gasteiger partial charge < -0.3 is 10.2 Å². The van der Waals surface area contributed by atoms with Crippen molar-refractivity contribution in [3.63, 3.8) is 0 Å². The minimum Gasteiger partial charge on any atom is -0.368 e. The van der Waals surface area contributed by atoms with E-state index in [0.717, 1.165) is 36.3 Å². The summed E-state index contributed by atoms with van der Waals surface area (Å²) in [6.45, 7) is 3.27. The van der Waals surface area contributed by atoms with Crippen LogP contribution in [0.4, 0.5) is 11.4 Å². The third kappa shape index (κ3) is 4.89. The molecule has 8 nitrogen and oxygen atoms in total. The van der Waals surface area contributed by atoms with Crippen LogP contribution < -0.4 is 15.6 Å². The summed E-state index contributed by atoms with van der Waals surface area (Å²) in [7, 11) is 0. The molecule has 1 aliphatic heterocycles. The number of nitro groups is 1. The Balaban J connectivity index is 1.80. The zero-order valence-corrected chi connectivity index (χ0v) is 16.0. The van der Waals surface area contributed by atoms with E-state index < -0.39 is 4.92 Å². The molecule has 0 aliphatic carbocycles. The van der Waals surface area contributed by atoms with Gasteiger partial charge in [-0.1, -0.05) is 22.0 Å². The first-order valence-electron chi connectivity index (χ1n) is 8.37. The first kappa shape index (κ1) is 19.0. The number of carbonyl (C=O) groups is 1. The van der Waals surface area contributed by atoms with Crippen molar-refractivity contribution in [1.82, 2.24) is 10.7 Å². The van der Waals surface area contributed by atoms with Gasteiger partial charge in [-0.15, -0.1) is 0 Å². The molecule has 1 amide bonds. The second-order valence-electron chi connectivity index (χ2n) is 5.95. The fourth-order valence-electron chi connectivity index (χ4n) is 2.81. The highest BCUT2D eigenvalue weighted by atomic mass is 79.9. The van der Waals surface area contributed by atoms with Crippen LogP contribution in [0.1, 0.15) is 15.9 Å². The Morgan fingerprint density at radius 1 is 1.26 bits per heavy atom. The average Bonchev–Trinajstić information content (AvgIpc) is 2.68. The van der Waals surface area contributed by atoms with E-state index in [9.17, 15) is 14.9 Å². The summed E-state index contributed by atoms with van der Waals surface area (Å²) < 4.78 is 0.791. The predicted molar refractivity (Wildman–Crippen MR) is 107 cm³/mol. The van der Waals surface area contributed by atoms with Gasteiger partial charge >= 0.3 is 0 Å². The molecule has 9 heteroatoms. The third-order valence-corrected chi connectivity index (χ3v) is 4.63. The Bertz CT molecular complexity index is 881. The predicted octanol–water partition coefficient (Wildman–Crippen LogP) is 2.53. The lowest BCUT2D eigenvalue weighted by Crippen LogP contribution is -2.43. The molecule has 1 saturated heterocycles. The molecule has 2 aromatic carbocycles. The Hall–Kier alpha value is -2.78. The molecule has 0 saturated carbocycles. The minimum absolute atomic E-state index is 0.0198. The normalized spacial score (nSPS) is 14.3. The van der Waals surface area contributed by atoms with Crippen LogP contribution in [-0.4, -0.2) is 43.2 Å². The zero-order chi connectivity index (χ0) is 19.2. The van der Waals surface area contributed by atoms with Crippen LogP contribution in [0, 0.1) is 10.1 Å². The molecule has 2 aromatic rings. The van der Waals surface area contributed by atoms with Crippen LogP contribution in [0.3, 0.4) is 0 Å². The highest BCUT2D eigenvalue weighted by Gasteiger charge is 2.16. The highest BCUT2D eigenvalue weighted by Crippen LogP contribution is 2.24. The molecular weight excluding hydrogens is 414 g/mol. The van der Waals surface area contributed by atoms with E-state index in [-0.39, 0.29) is 11.6 Å². The SMILES string of the molecule is O=C(N/N=C\c1cc([N+](=O)[O-])ccc1N1CCNCC1)c1cccc(Br)c1. The molecule has 0 bridgehead atoms. The van der Waals surface area contributed by atoms with E-state index in [0.29, 0.717) is 11.1 Å². The fourth-order valence-corrected chi connectivity index (χ4v) is 3.21. The maximum atomic E-state index is 12.2. The Labute approximate surface area is 164 Å². The standard InChI is InChI=1S/C18H18BrN5O3/c19-15-3-1-2-13(10-15)18(25)22-21-12-14-11-16(24(26)27)4-5-17(14)23-8-6-20-7-9-23/h1-5,10-12,20H,6-9H2,(H,22,25)/b21-12-. The Morgan fingerprint density at radius 3 is 2.74 bits per heavy atom. The van der Waals surface area contributed by atoms with Gasteiger partial charge in [0.1, 0.15) is 0 Å². The number of amides is 1. The summed E-state index contributed by atoms with van der Waals surface area (Å²) in [6.07, 6.45) is 1.44. The Kier molecular flexibility index (Phi) is 6.15. The van der Waals surface area contributed by atoms with Crippen molar-refractivity contribution in [2.75, 3.05) is 31.1 Å². The molecule has 3 rings (SSSR count). The van der Waals surface area contributed by atoms with Crippen LogP contribution in [-0.2, 0) is 0 Å². The topological polar surface area (TPSA) is 99.9 Å². The Morgan fingerprint density at radius 2 is 2.04 bits per heavy atom. The quantitative estimate of drug-likeness (QED) is 0.430. The van der Waals surface area contributed by atoms with Crippen LogP contribution in [0.5, 0.6) is 0 Å². The van der Waals surface area contributed by atoms with Crippen LogP contribution in [0.15, 0.2) is 52.0 Å². The van der Waals surface area contributed by atoms with Gasteiger partial charge in [0.25, 0.3) is 11.6 Å². The number of rotatable bonds is 5. The first-order chi connectivity index (χ1) is 13.0. The molecule has 1 aliphatic rings. The van der Waals surface area contributed by atoms with Gasteiger partial charge in [0.2, 0.25) is 0 Å².